The van der Waals surface area contributed by atoms with E-state index in [0.29, 0.717) is 11.5 Å². The van der Waals surface area contributed by atoms with E-state index in [4.69, 9.17) is 4.98 Å². The van der Waals surface area contributed by atoms with Crippen LogP contribution in [0.15, 0.2) is 93.4 Å². The number of H-pyrrole nitrogens is 1. The zero-order valence-electron chi connectivity index (χ0n) is 18.8. The van der Waals surface area contributed by atoms with Crippen LogP contribution in [0.4, 0.5) is 11.4 Å². The largest absolute Gasteiger partial charge is 0.340 e. The molecule has 0 atom stereocenters. The molecule has 0 saturated carbocycles. The van der Waals surface area contributed by atoms with Crippen LogP contribution in [0.3, 0.4) is 0 Å². The van der Waals surface area contributed by atoms with Gasteiger partial charge in [-0.1, -0.05) is 86.5 Å². The highest BCUT2D eigenvalue weighted by Crippen LogP contribution is 2.49. The molecule has 0 spiro atoms. The van der Waals surface area contributed by atoms with Crippen LogP contribution in [-0.2, 0) is 0 Å². The van der Waals surface area contributed by atoms with Gasteiger partial charge in [-0.2, -0.15) is 0 Å². The summed E-state index contributed by atoms with van der Waals surface area (Å²) >= 11 is 1.79. The van der Waals surface area contributed by atoms with Crippen molar-refractivity contribution in [2.75, 3.05) is 11.4 Å². The SMILES string of the molecule is CCCCCCN1c2ccccc2Sc2cc(-c3cc(=O)[nH]c(-c4ccccc4)n3)ccc21. The zero-order valence-corrected chi connectivity index (χ0v) is 19.6. The lowest BCUT2D eigenvalue weighted by atomic mass is 10.1. The number of aromatic nitrogens is 2. The zero-order chi connectivity index (χ0) is 22.6. The third-order valence-corrected chi connectivity index (χ3v) is 7.06. The number of anilines is 2. The summed E-state index contributed by atoms with van der Waals surface area (Å²) in [5, 5.41) is 0. The molecule has 0 radical (unpaired) electrons. The normalized spacial score (nSPS) is 12.3. The number of fused-ring (bicyclic) bond motifs is 2. The molecule has 0 amide bonds. The molecule has 4 nitrogen and oxygen atoms in total. The van der Waals surface area contributed by atoms with E-state index in [1.165, 1.54) is 46.8 Å². The minimum absolute atomic E-state index is 0.146. The molecular weight excluding hydrogens is 426 g/mol. The summed E-state index contributed by atoms with van der Waals surface area (Å²) in [4.78, 5) is 25.0. The Labute approximate surface area is 198 Å². The monoisotopic (exact) mass is 453 g/mol. The van der Waals surface area contributed by atoms with Crippen LogP contribution in [0, 0.1) is 0 Å². The maximum Gasteiger partial charge on any atom is 0.251 e. The molecule has 0 fully saturated rings. The highest BCUT2D eigenvalue weighted by Gasteiger charge is 2.23. The number of para-hydroxylation sites is 1. The third-order valence-electron chi connectivity index (χ3n) is 5.95. The second-order valence-electron chi connectivity index (χ2n) is 8.31. The molecule has 1 aromatic heterocycles. The molecule has 33 heavy (non-hydrogen) atoms. The van der Waals surface area contributed by atoms with Gasteiger partial charge in [0.2, 0.25) is 0 Å². The highest BCUT2D eigenvalue weighted by atomic mass is 32.2. The van der Waals surface area contributed by atoms with E-state index in [0.717, 1.165) is 17.7 Å². The molecule has 2 heterocycles. The van der Waals surface area contributed by atoms with Gasteiger partial charge in [0, 0.05) is 33.5 Å². The van der Waals surface area contributed by atoms with Crippen LogP contribution >= 0.6 is 11.8 Å². The van der Waals surface area contributed by atoms with Gasteiger partial charge in [0.05, 0.1) is 17.1 Å². The second kappa shape index (κ2) is 9.67. The van der Waals surface area contributed by atoms with Crippen LogP contribution in [-0.4, -0.2) is 16.5 Å². The number of benzene rings is 3. The van der Waals surface area contributed by atoms with E-state index in [1.807, 2.05) is 30.3 Å². The van der Waals surface area contributed by atoms with Crippen molar-refractivity contribution in [3.63, 3.8) is 0 Å². The van der Waals surface area contributed by atoms with Gasteiger partial charge >= 0.3 is 0 Å². The van der Waals surface area contributed by atoms with Crippen LogP contribution in [0.2, 0.25) is 0 Å². The number of nitrogens with zero attached hydrogens (tertiary/aromatic N) is 2. The molecule has 1 aliphatic rings. The van der Waals surface area contributed by atoms with Crippen molar-refractivity contribution in [3.8, 4) is 22.6 Å². The fourth-order valence-electron chi connectivity index (χ4n) is 4.27. The van der Waals surface area contributed by atoms with Gasteiger partial charge in [-0.3, -0.25) is 4.79 Å². The first kappa shape index (κ1) is 21.5. The Hall–Kier alpha value is -3.31. The quantitative estimate of drug-likeness (QED) is 0.299. The Morgan fingerprint density at radius 1 is 0.818 bits per heavy atom. The molecule has 3 aromatic carbocycles. The van der Waals surface area contributed by atoms with Crippen LogP contribution in [0.5, 0.6) is 0 Å². The first-order valence-electron chi connectivity index (χ1n) is 11.6. The first-order valence-corrected chi connectivity index (χ1v) is 12.4. The van der Waals surface area contributed by atoms with Crippen molar-refractivity contribution in [2.24, 2.45) is 0 Å². The third kappa shape index (κ3) is 4.60. The fraction of sp³-hybridized carbons (Fsp3) is 0.214. The topological polar surface area (TPSA) is 49.0 Å². The van der Waals surface area contributed by atoms with E-state index < -0.39 is 0 Å². The maximum atomic E-state index is 12.4. The van der Waals surface area contributed by atoms with Crippen LogP contribution < -0.4 is 10.5 Å². The lowest BCUT2D eigenvalue weighted by molar-refractivity contribution is 0.666. The van der Waals surface area contributed by atoms with Gasteiger partial charge in [-0.25, -0.2) is 4.98 Å². The molecule has 4 aromatic rings. The summed E-state index contributed by atoms with van der Waals surface area (Å²) in [5.41, 5.74) is 4.90. The summed E-state index contributed by atoms with van der Waals surface area (Å²) in [6.07, 6.45) is 4.92. The molecule has 1 N–H and O–H groups in total. The predicted octanol–water partition coefficient (Wildman–Crippen LogP) is 7.29. The van der Waals surface area contributed by atoms with E-state index in [1.54, 1.807) is 17.8 Å². The van der Waals surface area contributed by atoms with Crippen molar-refractivity contribution in [1.82, 2.24) is 9.97 Å². The average Bonchev–Trinajstić information content (AvgIpc) is 2.86. The van der Waals surface area contributed by atoms with Crippen molar-refractivity contribution < 1.29 is 0 Å². The minimum Gasteiger partial charge on any atom is -0.340 e. The second-order valence-corrected chi connectivity index (χ2v) is 9.39. The number of hydrogen-bond acceptors (Lipinski definition) is 4. The van der Waals surface area contributed by atoms with Crippen LogP contribution in [0.1, 0.15) is 32.6 Å². The molecule has 5 rings (SSSR count). The summed E-state index contributed by atoms with van der Waals surface area (Å²) in [6.45, 7) is 3.25. The Morgan fingerprint density at radius 2 is 1.61 bits per heavy atom. The highest BCUT2D eigenvalue weighted by molar-refractivity contribution is 7.99. The lowest BCUT2D eigenvalue weighted by Crippen LogP contribution is -2.22. The Kier molecular flexibility index (Phi) is 6.31. The minimum atomic E-state index is -0.146. The number of rotatable bonds is 7. The van der Waals surface area contributed by atoms with Crippen molar-refractivity contribution >= 4 is 23.1 Å². The molecule has 166 valence electrons. The van der Waals surface area contributed by atoms with Gasteiger partial charge in [0.25, 0.3) is 5.56 Å². The van der Waals surface area contributed by atoms with Crippen LogP contribution in [0.25, 0.3) is 22.6 Å². The fourth-order valence-corrected chi connectivity index (χ4v) is 5.40. The molecule has 0 unspecified atom stereocenters. The number of hydrogen-bond donors (Lipinski definition) is 1. The van der Waals surface area contributed by atoms with Gasteiger partial charge in [-0.15, -0.1) is 0 Å². The van der Waals surface area contributed by atoms with E-state index >= 15 is 0 Å². The molecule has 0 bridgehead atoms. The van der Waals surface area contributed by atoms with Crippen molar-refractivity contribution in [2.45, 2.75) is 42.4 Å². The smallest absolute Gasteiger partial charge is 0.251 e. The molecule has 0 aliphatic carbocycles. The average molecular weight is 454 g/mol. The van der Waals surface area contributed by atoms with E-state index in [2.05, 4.69) is 59.3 Å². The Bertz CT molecular complexity index is 1320. The number of aromatic amines is 1. The van der Waals surface area contributed by atoms with E-state index in [-0.39, 0.29) is 5.56 Å². The summed E-state index contributed by atoms with van der Waals surface area (Å²) in [5.74, 6) is 0.589. The summed E-state index contributed by atoms with van der Waals surface area (Å²) < 4.78 is 0. The number of nitrogens with one attached hydrogen (secondary N) is 1. The summed E-state index contributed by atoms with van der Waals surface area (Å²) in [7, 11) is 0. The molecular formula is C28H27N3OS. The standard InChI is InChI=1S/C28H27N3OS/c1-2-3-4-10-17-31-23-13-8-9-14-25(23)33-26-18-21(15-16-24(26)31)22-19-27(32)30-28(29-22)20-11-6-5-7-12-20/h5-9,11-16,18-19H,2-4,10,17H2,1H3,(H,29,30,32). The van der Waals surface area contributed by atoms with Gasteiger partial charge < -0.3 is 9.88 Å². The van der Waals surface area contributed by atoms with E-state index in [9.17, 15) is 4.79 Å². The maximum absolute atomic E-state index is 12.4. The summed E-state index contributed by atoms with van der Waals surface area (Å²) in [6, 6.07) is 26.4. The van der Waals surface area contributed by atoms with Gasteiger partial charge in [0.15, 0.2) is 0 Å². The predicted molar refractivity (Wildman–Crippen MR) is 137 cm³/mol. The molecule has 1 aliphatic heterocycles. The van der Waals surface area contributed by atoms with Crippen molar-refractivity contribution in [3.05, 3.63) is 89.2 Å². The first-order chi connectivity index (χ1) is 16.2. The molecule has 0 saturated heterocycles. The van der Waals surface area contributed by atoms with Crippen molar-refractivity contribution in [1.29, 1.82) is 0 Å². The Balaban J connectivity index is 1.51. The molecule has 5 heteroatoms. The van der Waals surface area contributed by atoms with Gasteiger partial charge in [-0.05, 0) is 30.7 Å². The number of unbranched alkanes of at least 4 members (excludes halogenated alkanes) is 3. The Morgan fingerprint density at radius 3 is 2.45 bits per heavy atom. The lowest BCUT2D eigenvalue weighted by Gasteiger charge is -2.33. The van der Waals surface area contributed by atoms with Gasteiger partial charge in [0.1, 0.15) is 5.82 Å².